The highest BCUT2D eigenvalue weighted by Gasteiger charge is 2.11. The number of hydrogen-bond acceptors (Lipinski definition) is 3. The molecule has 1 amide bonds. The monoisotopic (exact) mass is 263 g/mol. The Labute approximate surface area is 112 Å². The van der Waals surface area contributed by atoms with Crippen molar-refractivity contribution in [1.29, 1.82) is 5.26 Å². The number of benzene rings is 1. The zero-order valence-corrected chi connectivity index (χ0v) is 11.2. The van der Waals surface area contributed by atoms with Gasteiger partial charge in [-0.1, -0.05) is 6.92 Å². The van der Waals surface area contributed by atoms with Crippen molar-refractivity contribution < 1.29 is 9.18 Å². The van der Waals surface area contributed by atoms with E-state index in [9.17, 15) is 9.18 Å². The molecule has 0 bridgehead atoms. The van der Waals surface area contributed by atoms with Crippen molar-refractivity contribution in [2.45, 2.75) is 26.7 Å². The van der Waals surface area contributed by atoms with Gasteiger partial charge in [-0.2, -0.15) is 5.26 Å². The van der Waals surface area contributed by atoms with Crippen LogP contribution in [-0.4, -0.2) is 12.5 Å². The van der Waals surface area contributed by atoms with Gasteiger partial charge in [-0.05, 0) is 37.9 Å². The van der Waals surface area contributed by atoms with E-state index in [1.54, 1.807) is 6.92 Å². The van der Waals surface area contributed by atoms with Gasteiger partial charge in [0.15, 0.2) is 0 Å². The summed E-state index contributed by atoms with van der Waals surface area (Å²) >= 11 is 0. The highest BCUT2D eigenvalue weighted by molar-refractivity contribution is 5.91. The fraction of sp³-hybridized carbons (Fsp3) is 0.429. The van der Waals surface area contributed by atoms with Crippen LogP contribution in [0.25, 0.3) is 0 Å². The van der Waals surface area contributed by atoms with Crippen molar-refractivity contribution in [3.63, 3.8) is 0 Å². The number of nitrogens with one attached hydrogen (secondary N) is 1. The standard InChI is InChI=1S/C14H18FN3O/c1-9(7-16)3-4-14(19)18-13-6-11(8-17)5-12(15)10(13)2/h5-6,9H,3-4,7,16H2,1-2H3,(H,18,19). The molecule has 3 N–H and O–H groups in total. The molecule has 1 rings (SSSR count). The third-order valence-corrected chi connectivity index (χ3v) is 3.01. The third-order valence-electron chi connectivity index (χ3n) is 3.01. The fourth-order valence-electron chi connectivity index (χ4n) is 1.58. The van der Waals surface area contributed by atoms with Crippen LogP contribution in [0.15, 0.2) is 12.1 Å². The van der Waals surface area contributed by atoms with Crippen LogP contribution in [0.2, 0.25) is 0 Å². The second-order valence-corrected chi connectivity index (χ2v) is 4.67. The SMILES string of the molecule is Cc1c(F)cc(C#N)cc1NC(=O)CCC(C)CN. The molecule has 19 heavy (non-hydrogen) atoms. The Morgan fingerprint density at radius 2 is 2.26 bits per heavy atom. The van der Waals surface area contributed by atoms with Gasteiger partial charge in [0.05, 0.1) is 11.6 Å². The average Bonchev–Trinajstić information content (AvgIpc) is 2.40. The van der Waals surface area contributed by atoms with Gasteiger partial charge in [-0.25, -0.2) is 4.39 Å². The number of amides is 1. The molecule has 1 atom stereocenters. The normalized spacial score (nSPS) is 11.7. The molecule has 0 aliphatic rings. The van der Waals surface area contributed by atoms with Crippen LogP contribution in [-0.2, 0) is 4.79 Å². The van der Waals surface area contributed by atoms with Crippen LogP contribution in [0.5, 0.6) is 0 Å². The molecule has 0 radical (unpaired) electrons. The van der Waals surface area contributed by atoms with Crippen molar-refractivity contribution in [1.82, 2.24) is 0 Å². The van der Waals surface area contributed by atoms with Gasteiger partial charge in [-0.3, -0.25) is 4.79 Å². The summed E-state index contributed by atoms with van der Waals surface area (Å²) in [6.07, 6.45) is 1.01. The van der Waals surface area contributed by atoms with Crippen LogP contribution >= 0.6 is 0 Å². The van der Waals surface area contributed by atoms with E-state index >= 15 is 0 Å². The Morgan fingerprint density at radius 1 is 1.58 bits per heavy atom. The smallest absolute Gasteiger partial charge is 0.224 e. The number of hydrogen-bond donors (Lipinski definition) is 2. The van der Waals surface area contributed by atoms with E-state index in [2.05, 4.69) is 5.32 Å². The molecule has 0 aliphatic carbocycles. The molecule has 1 aromatic carbocycles. The van der Waals surface area contributed by atoms with Crippen molar-refractivity contribution in [3.8, 4) is 6.07 Å². The van der Waals surface area contributed by atoms with Crippen molar-refractivity contribution >= 4 is 11.6 Å². The maximum Gasteiger partial charge on any atom is 0.224 e. The number of nitriles is 1. The first-order valence-corrected chi connectivity index (χ1v) is 6.18. The average molecular weight is 263 g/mol. The van der Waals surface area contributed by atoms with E-state index in [4.69, 9.17) is 11.0 Å². The highest BCUT2D eigenvalue weighted by Crippen LogP contribution is 2.21. The number of nitrogens with zero attached hydrogens (tertiary/aromatic N) is 1. The zero-order chi connectivity index (χ0) is 14.4. The maximum absolute atomic E-state index is 13.5. The Balaban J connectivity index is 2.74. The maximum atomic E-state index is 13.5. The topological polar surface area (TPSA) is 78.9 Å². The minimum atomic E-state index is -0.496. The molecule has 1 aromatic rings. The lowest BCUT2D eigenvalue weighted by atomic mass is 10.1. The van der Waals surface area contributed by atoms with Crippen molar-refractivity contribution in [2.75, 3.05) is 11.9 Å². The summed E-state index contributed by atoms with van der Waals surface area (Å²) in [5.74, 6) is -0.420. The number of carbonyl (C=O) groups excluding carboxylic acids is 1. The summed E-state index contributed by atoms with van der Waals surface area (Å²) in [6.45, 7) is 4.06. The van der Waals surface area contributed by atoms with Gasteiger partial charge < -0.3 is 11.1 Å². The Bertz CT molecular complexity index is 508. The van der Waals surface area contributed by atoms with Gasteiger partial charge in [0, 0.05) is 17.7 Å². The predicted octanol–water partition coefficient (Wildman–Crippen LogP) is 2.32. The molecule has 0 heterocycles. The highest BCUT2D eigenvalue weighted by atomic mass is 19.1. The first kappa shape index (κ1) is 15.1. The molecular formula is C14H18FN3O. The van der Waals surface area contributed by atoms with Crippen LogP contribution < -0.4 is 11.1 Å². The molecule has 0 saturated heterocycles. The van der Waals surface area contributed by atoms with Crippen molar-refractivity contribution in [2.24, 2.45) is 11.7 Å². The van der Waals surface area contributed by atoms with Gasteiger partial charge in [0.2, 0.25) is 5.91 Å². The van der Waals surface area contributed by atoms with E-state index in [0.717, 1.165) is 6.07 Å². The summed E-state index contributed by atoms with van der Waals surface area (Å²) in [4.78, 5) is 11.7. The molecule has 0 spiro atoms. The number of halogens is 1. The van der Waals surface area contributed by atoms with E-state index < -0.39 is 5.82 Å². The van der Waals surface area contributed by atoms with Gasteiger partial charge in [0.25, 0.3) is 0 Å². The van der Waals surface area contributed by atoms with Crippen molar-refractivity contribution in [3.05, 3.63) is 29.1 Å². The molecule has 1 unspecified atom stereocenters. The third kappa shape index (κ3) is 4.34. The second kappa shape index (κ2) is 6.86. The van der Waals surface area contributed by atoms with E-state index in [1.807, 2.05) is 13.0 Å². The lowest BCUT2D eigenvalue weighted by molar-refractivity contribution is -0.116. The molecule has 4 nitrogen and oxygen atoms in total. The zero-order valence-electron chi connectivity index (χ0n) is 11.2. The van der Waals surface area contributed by atoms with Crippen LogP contribution in [0.1, 0.15) is 30.9 Å². The molecule has 0 fully saturated rings. The first-order valence-electron chi connectivity index (χ1n) is 6.18. The lowest BCUT2D eigenvalue weighted by Crippen LogP contribution is -2.17. The number of nitrogens with two attached hydrogens (primary N) is 1. The second-order valence-electron chi connectivity index (χ2n) is 4.67. The van der Waals surface area contributed by atoms with Gasteiger partial charge >= 0.3 is 0 Å². The molecular weight excluding hydrogens is 245 g/mol. The first-order chi connectivity index (χ1) is 8.97. The Morgan fingerprint density at radius 3 is 2.84 bits per heavy atom. The predicted molar refractivity (Wildman–Crippen MR) is 71.9 cm³/mol. The fourth-order valence-corrected chi connectivity index (χ4v) is 1.58. The molecule has 0 aromatic heterocycles. The van der Waals surface area contributed by atoms with Crippen LogP contribution in [0.3, 0.4) is 0 Å². The minimum Gasteiger partial charge on any atom is -0.330 e. The van der Waals surface area contributed by atoms with E-state index in [-0.39, 0.29) is 17.4 Å². The summed E-state index contributed by atoms with van der Waals surface area (Å²) in [6, 6.07) is 4.49. The molecule has 5 heteroatoms. The Hall–Kier alpha value is -1.93. The number of rotatable bonds is 5. The number of anilines is 1. The van der Waals surface area contributed by atoms with Gasteiger partial charge in [0.1, 0.15) is 5.82 Å². The van der Waals surface area contributed by atoms with Crippen LogP contribution in [0, 0.1) is 30.0 Å². The minimum absolute atomic E-state index is 0.189. The van der Waals surface area contributed by atoms with E-state index in [0.29, 0.717) is 30.6 Å². The number of carbonyl (C=O) groups is 1. The molecule has 102 valence electrons. The van der Waals surface area contributed by atoms with Gasteiger partial charge in [-0.15, -0.1) is 0 Å². The Kier molecular flexibility index (Phi) is 5.46. The summed E-state index contributed by atoms with van der Waals surface area (Å²) < 4.78 is 13.5. The van der Waals surface area contributed by atoms with E-state index in [1.165, 1.54) is 6.07 Å². The molecule has 0 saturated carbocycles. The quantitative estimate of drug-likeness (QED) is 0.855. The summed E-state index contributed by atoms with van der Waals surface area (Å²) in [5, 5.41) is 11.4. The summed E-state index contributed by atoms with van der Waals surface area (Å²) in [5.41, 5.74) is 6.35. The van der Waals surface area contributed by atoms with Crippen LogP contribution in [0.4, 0.5) is 10.1 Å². The lowest BCUT2D eigenvalue weighted by Gasteiger charge is -2.11. The molecule has 0 aliphatic heterocycles. The summed E-state index contributed by atoms with van der Waals surface area (Å²) in [7, 11) is 0. The largest absolute Gasteiger partial charge is 0.330 e.